The van der Waals surface area contributed by atoms with E-state index in [2.05, 4.69) is 27.9 Å². The Morgan fingerprint density at radius 3 is 2.38 bits per heavy atom. The molecule has 3 N–H and O–H groups in total. The van der Waals surface area contributed by atoms with E-state index in [9.17, 15) is 4.39 Å². The van der Waals surface area contributed by atoms with Gasteiger partial charge in [0, 0.05) is 14.9 Å². The van der Waals surface area contributed by atoms with Crippen LogP contribution in [0.2, 0.25) is 0 Å². The number of benzene rings is 2. The molecule has 0 saturated heterocycles. The van der Waals surface area contributed by atoms with Crippen molar-refractivity contribution in [1.29, 1.82) is 0 Å². The molecule has 0 aromatic heterocycles. The van der Waals surface area contributed by atoms with Gasteiger partial charge in [-0.2, -0.15) is 0 Å². The van der Waals surface area contributed by atoms with E-state index in [0.29, 0.717) is 0 Å². The summed E-state index contributed by atoms with van der Waals surface area (Å²) < 4.78 is 13.7. The van der Waals surface area contributed by atoms with Crippen molar-refractivity contribution in [2.45, 2.75) is 0 Å². The van der Waals surface area contributed by atoms with Crippen molar-refractivity contribution in [2.75, 3.05) is 11.1 Å². The molecule has 0 bridgehead atoms. The number of anilines is 3. The van der Waals surface area contributed by atoms with Gasteiger partial charge in [0.2, 0.25) is 0 Å². The van der Waals surface area contributed by atoms with Crippen LogP contribution in [0.25, 0.3) is 0 Å². The van der Waals surface area contributed by atoms with E-state index in [0.717, 1.165) is 20.6 Å². The minimum atomic E-state index is -0.229. The van der Waals surface area contributed by atoms with Gasteiger partial charge in [0.25, 0.3) is 0 Å². The van der Waals surface area contributed by atoms with Crippen molar-refractivity contribution < 1.29 is 4.39 Å². The number of hydrogen-bond acceptors (Lipinski definition) is 2. The molecule has 2 aromatic rings. The Bertz CT molecular complexity index is 497. The molecule has 0 saturated carbocycles. The SMILES string of the molecule is Nc1ccc(Nc2ccc(F)cc2I)cc1. The highest BCUT2D eigenvalue weighted by Gasteiger charge is 2.01. The summed E-state index contributed by atoms with van der Waals surface area (Å²) >= 11 is 2.09. The van der Waals surface area contributed by atoms with Crippen LogP contribution in [0.3, 0.4) is 0 Å². The van der Waals surface area contributed by atoms with Gasteiger partial charge in [-0.25, -0.2) is 4.39 Å². The van der Waals surface area contributed by atoms with Crippen molar-refractivity contribution in [2.24, 2.45) is 0 Å². The van der Waals surface area contributed by atoms with Crippen molar-refractivity contribution in [3.8, 4) is 0 Å². The quantitative estimate of drug-likeness (QED) is 0.651. The van der Waals surface area contributed by atoms with E-state index >= 15 is 0 Å². The normalized spacial score (nSPS) is 10.1. The van der Waals surface area contributed by atoms with Gasteiger partial charge in [-0.3, -0.25) is 0 Å². The minimum absolute atomic E-state index is 0.229. The van der Waals surface area contributed by atoms with Gasteiger partial charge in [-0.15, -0.1) is 0 Å². The highest BCUT2D eigenvalue weighted by Crippen LogP contribution is 2.23. The van der Waals surface area contributed by atoms with Gasteiger partial charge in [0.15, 0.2) is 0 Å². The smallest absolute Gasteiger partial charge is 0.124 e. The Labute approximate surface area is 107 Å². The summed E-state index contributed by atoms with van der Waals surface area (Å²) in [5, 5.41) is 3.20. The molecule has 0 aliphatic carbocycles. The number of hydrogen-bond donors (Lipinski definition) is 2. The molecule has 16 heavy (non-hydrogen) atoms. The zero-order valence-corrected chi connectivity index (χ0v) is 10.5. The fraction of sp³-hybridized carbons (Fsp3) is 0. The maximum Gasteiger partial charge on any atom is 0.124 e. The summed E-state index contributed by atoms with van der Waals surface area (Å²) in [5.74, 6) is -0.229. The van der Waals surface area contributed by atoms with E-state index in [1.807, 2.05) is 24.3 Å². The summed E-state index contributed by atoms with van der Waals surface area (Å²) in [6.07, 6.45) is 0. The van der Waals surface area contributed by atoms with E-state index in [1.165, 1.54) is 12.1 Å². The maximum atomic E-state index is 12.9. The number of rotatable bonds is 2. The Morgan fingerprint density at radius 2 is 1.75 bits per heavy atom. The molecule has 0 unspecified atom stereocenters. The van der Waals surface area contributed by atoms with Gasteiger partial charge >= 0.3 is 0 Å². The molecule has 0 amide bonds. The first-order chi connectivity index (χ1) is 7.65. The molecule has 82 valence electrons. The lowest BCUT2D eigenvalue weighted by Crippen LogP contribution is -1.94. The molecule has 4 heteroatoms. The Kier molecular flexibility index (Phi) is 3.28. The molecule has 2 aromatic carbocycles. The van der Waals surface area contributed by atoms with E-state index in [-0.39, 0.29) is 5.82 Å². The van der Waals surface area contributed by atoms with Crippen molar-refractivity contribution >= 4 is 39.7 Å². The Morgan fingerprint density at radius 1 is 1.06 bits per heavy atom. The fourth-order valence-electron chi connectivity index (χ4n) is 1.31. The highest BCUT2D eigenvalue weighted by atomic mass is 127. The monoisotopic (exact) mass is 328 g/mol. The Balaban J connectivity index is 2.23. The van der Waals surface area contributed by atoms with Gasteiger partial charge < -0.3 is 11.1 Å². The van der Waals surface area contributed by atoms with Crippen LogP contribution in [0.15, 0.2) is 42.5 Å². The molecule has 0 aliphatic rings. The number of nitrogens with two attached hydrogens (primary N) is 1. The summed E-state index contributed by atoms with van der Waals surface area (Å²) in [6.45, 7) is 0. The molecule has 2 nitrogen and oxygen atoms in total. The minimum Gasteiger partial charge on any atom is -0.399 e. The third-order valence-electron chi connectivity index (χ3n) is 2.12. The lowest BCUT2D eigenvalue weighted by Gasteiger charge is -2.08. The molecule has 0 aliphatic heterocycles. The first-order valence-electron chi connectivity index (χ1n) is 4.73. The molecule has 2 rings (SSSR count). The van der Waals surface area contributed by atoms with E-state index in [4.69, 9.17) is 5.73 Å². The highest BCUT2D eigenvalue weighted by molar-refractivity contribution is 14.1. The molecule has 0 spiro atoms. The van der Waals surface area contributed by atoms with Crippen LogP contribution in [0.5, 0.6) is 0 Å². The first-order valence-corrected chi connectivity index (χ1v) is 5.80. The molecule has 0 atom stereocenters. The predicted octanol–water partition coefficient (Wildman–Crippen LogP) is 3.76. The first kappa shape index (κ1) is 11.2. The largest absolute Gasteiger partial charge is 0.399 e. The molecule has 0 heterocycles. The van der Waals surface area contributed by atoms with Crippen LogP contribution >= 0.6 is 22.6 Å². The van der Waals surface area contributed by atoms with Crippen LogP contribution in [0, 0.1) is 9.39 Å². The van der Waals surface area contributed by atoms with Gasteiger partial charge in [-0.05, 0) is 65.1 Å². The molecular weight excluding hydrogens is 318 g/mol. The summed E-state index contributed by atoms with van der Waals surface area (Å²) in [4.78, 5) is 0. The van der Waals surface area contributed by atoms with Crippen LogP contribution in [0.1, 0.15) is 0 Å². The van der Waals surface area contributed by atoms with Crippen LogP contribution < -0.4 is 11.1 Å². The topological polar surface area (TPSA) is 38.0 Å². The van der Waals surface area contributed by atoms with Gasteiger partial charge in [-0.1, -0.05) is 0 Å². The van der Waals surface area contributed by atoms with Crippen LogP contribution in [0.4, 0.5) is 21.5 Å². The molecule has 0 fully saturated rings. The summed E-state index contributed by atoms with van der Waals surface area (Å²) in [5.41, 5.74) is 8.12. The second-order valence-corrected chi connectivity index (χ2v) is 4.53. The van der Waals surface area contributed by atoms with Crippen LogP contribution in [-0.4, -0.2) is 0 Å². The lowest BCUT2D eigenvalue weighted by atomic mass is 10.2. The third-order valence-corrected chi connectivity index (χ3v) is 3.01. The number of halogens is 2. The van der Waals surface area contributed by atoms with E-state index in [1.54, 1.807) is 6.07 Å². The maximum absolute atomic E-state index is 12.9. The summed E-state index contributed by atoms with van der Waals surface area (Å²) in [7, 11) is 0. The lowest BCUT2D eigenvalue weighted by molar-refractivity contribution is 0.627. The van der Waals surface area contributed by atoms with Gasteiger partial charge in [0.05, 0.1) is 5.69 Å². The zero-order valence-electron chi connectivity index (χ0n) is 8.37. The third kappa shape index (κ3) is 2.63. The van der Waals surface area contributed by atoms with Gasteiger partial charge in [0.1, 0.15) is 5.82 Å². The average molecular weight is 328 g/mol. The standard InChI is InChI=1S/C12H10FIN2/c13-8-1-6-12(11(14)7-8)16-10-4-2-9(15)3-5-10/h1-7,16H,15H2. The number of nitrogens with one attached hydrogen (secondary N) is 1. The van der Waals surface area contributed by atoms with Crippen molar-refractivity contribution in [1.82, 2.24) is 0 Å². The van der Waals surface area contributed by atoms with E-state index < -0.39 is 0 Å². The summed E-state index contributed by atoms with van der Waals surface area (Å²) in [6, 6.07) is 12.0. The average Bonchev–Trinajstić information content (AvgIpc) is 2.25. The predicted molar refractivity (Wildman–Crippen MR) is 73.3 cm³/mol. The van der Waals surface area contributed by atoms with Crippen molar-refractivity contribution in [3.05, 3.63) is 51.9 Å². The second kappa shape index (κ2) is 4.69. The fourth-order valence-corrected chi connectivity index (χ4v) is 1.92. The van der Waals surface area contributed by atoms with Crippen LogP contribution in [-0.2, 0) is 0 Å². The second-order valence-electron chi connectivity index (χ2n) is 3.37. The molecular formula is C12H10FIN2. The zero-order chi connectivity index (χ0) is 11.5. The van der Waals surface area contributed by atoms with Crippen molar-refractivity contribution in [3.63, 3.8) is 0 Å². The Hall–Kier alpha value is -1.30. The molecule has 0 radical (unpaired) electrons. The number of nitrogen functional groups attached to an aromatic ring is 1.